The van der Waals surface area contributed by atoms with Crippen LogP contribution in [0.3, 0.4) is 0 Å². The third kappa shape index (κ3) is 4.95. The van der Waals surface area contributed by atoms with Crippen molar-refractivity contribution in [2.75, 3.05) is 7.11 Å². The first-order chi connectivity index (χ1) is 6.00. The summed E-state index contributed by atoms with van der Waals surface area (Å²) in [6.07, 6.45) is 0. The molecule has 0 amide bonds. The molecule has 0 heterocycles. The van der Waals surface area contributed by atoms with Gasteiger partial charge in [0.15, 0.2) is 11.5 Å². The number of hydrogen-bond donors (Lipinski definition) is 2. The van der Waals surface area contributed by atoms with Gasteiger partial charge in [0.05, 0.1) is 7.11 Å². The van der Waals surface area contributed by atoms with Crippen molar-refractivity contribution in [1.29, 1.82) is 0 Å². The van der Waals surface area contributed by atoms with Gasteiger partial charge < -0.3 is 14.9 Å². The van der Waals surface area contributed by atoms with Crippen molar-refractivity contribution in [2.24, 2.45) is 0 Å². The van der Waals surface area contributed by atoms with Gasteiger partial charge in [0.2, 0.25) is 0 Å². The van der Waals surface area contributed by atoms with E-state index in [2.05, 4.69) is 13.2 Å². The van der Waals surface area contributed by atoms with Crippen LogP contribution in [0, 0.1) is 0 Å². The molecule has 2 N–H and O–H groups in total. The molecule has 0 bridgehead atoms. The van der Waals surface area contributed by atoms with Crippen LogP contribution in [0.25, 0.3) is 0 Å². The van der Waals surface area contributed by atoms with Crippen LogP contribution in [0.15, 0.2) is 36.0 Å². The molecular formula is C10H18O3. The lowest BCUT2D eigenvalue weighted by Gasteiger charge is -2.07. The van der Waals surface area contributed by atoms with E-state index in [1.54, 1.807) is 6.92 Å². The minimum absolute atomic E-state index is 0.142. The number of allylic oxidation sites excluding steroid dienone is 1. The van der Waals surface area contributed by atoms with E-state index in [9.17, 15) is 0 Å². The Bertz CT molecular complexity index is 214. The molecule has 0 fully saturated rings. The molecule has 76 valence electrons. The molecule has 0 aliphatic carbocycles. The second kappa shape index (κ2) is 7.28. The maximum atomic E-state index is 8.90. The Morgan fingerprint density at radius 3 is 1.54 bits per heavy atom. The smallest absolute Gasteiger partial charge is 0.166 e. The number of aliphatic hydroxyl groups excluding tert-OH is 2. The normalized spacial score (nSPS) is 10.5. The van der Waals surface area contributed by atoms with Crippen molar-refractivity contribution >= 4 is 0 Å². The van der Waals surface area contributed by atoms with Gasteiger partial charge >= 0.3 is 0 Å². The molecule has 13 heavy (non-hydrogen) atoms. The van der Waals surface area contributed by atoms with Crippen LogP contribution in [0.5, 0.6) is 0 Å². The highest BCUT2D eigenvalue weighted by molar-refractivity contribution is 5.31. The topological polar surface area (TPSA) is 49.7 Å². The predicted molar refractivity (Wildman–Crippen MR) is 54.6 cm³/mol. The van der Waals surface area contributed by atoms with Crippen LogP contribution in [0.1, 0.15) is 20.8 Å². The van der Waals surface area contributed by atoms with E-state index < -0.39 is 0 Å². The minimum Gasteiger partial charge on any atom is -0.508 e. The summed E-state index contributed by atoms with van der Waals surface area (Å²) in [4.78, 5) is 0. The van der Waals surface area contributed by atoms with Crippen molar-refractivity contribution in [3.63, 3.8) is 0 Å². The van der Waals surface area contributed by atoms with Gasteiger partial charge in [-0.3, -0.25) is 0 Å². The lowest BCUT2D eigenvalue weighted by molar-refractivity contribution is 0.250. The standard InChI is InChI=1S/C8H12O3.C2H6/c1-5(6(2)9)8(11-4)7(3)10;1-2/h9-10H,2-3H2,1,4H3;1-2H3/b8-5+;. The Balaban J connectivity index is 0. The van der Waals surface area contributed by atoms with Crippen LogP contribution in [0.2, 0.25) is 0 Å². The first-order valence-corrected chi connectivity index (χ1v) is 4.02. The molecule has 0 rings (SSSR count). The Morgan fingerprint density at radius 2 is 1.46 bits per heavy atom. The van der Waals surface area contributed by atoms with Crippen molar-refractivity contribution in [3.8, 4) is 0 Å². The molecule has 0 aliphatic rings. The van der Waals surface area contributed by atoms with Crippen LogP contribution < -0.4 is 0 Å². The highest BCUT2D eigenvalue weighted by Crippen LogP contribution is 2.15. The summed E-state index contributed by atoms with van der Waals surface area (Å²) in [5.41, 5.74) is 0.375. The van der Waals surface area contributed by atoms with E-state index in [1.807, 2.05) is 13.8 Å². The minimum atomic E-state index is -0.222. The highest BCUT2D eigenvalue weighted by atomic mass is 16.5. The van der Waals surface area contributed by atoms with Crippen LogP contribution >= 0.6 is 0 Å². The molecule has 0 unspecified atom stereocenters. The number of aliphatic hydroxyl groups is 2. The van der Waals surface area contributed by atoms with E-state index in [1.165, 1.54) is 7.11 Å². The van der Waals surface area contributed by atoms with E-state index in [0.29, 0.717) is 5.57 Å². The lowest BCUT2D eigenvalue weighted by atomic mass is 10.2. The summed E-state index contributed by atoms with van der Waals surface area (Å²) in [6.45, 7) is 12.1. The van der Waals surface area contributed by atoms with Crippen molar-refractivity contribution in [1.82, 2.24) is 0 Å². The third-order valence-corrected chi connectivity index (χ3v) is 1.24. The van der Waals surface area contributed by atoms with Gasteiger partial charge in [-0.05, 0) is 6.92 Å². The average Bonchev–Trinajstić information content (AvgIpc) is 2.08. The van der Waals surface area contributed by atoms with Crippen molar-refractivity contribution < 1.29 is 14.9 Å². The third-order valence-electron chi connectivity index (χ3n) is 1.24. The monoisotopic (exact) mass is 186 g/mol. The zero-order valence-electron chi connectivity index (χ0n) is 8.72. The molecule has 3 nitrogen and oxygen atoms in total. The van der Waals surface area contributed by atoms with Crippen LogP contribution in [-0.2, 0) is 4.74 Å². The Kier molecular flexibility index (Phi) is 7.93. The van der Waals surface area contributed by atoms with Gasteiger partial charge in [-0.2, -0.15) is 0 Å². The largest absolute Gasteiger partial charge is 0.508 e. The maximum Gasteiger partial charge on any atom is 0.166 e. The Labute approximate surface area is 79.7 Å². The predicted octanol–water partition coefficient (Wildman–Crippen LogP) is 3.08. The number of rotatable bonds is 3. The van der Waals surface area contributed by atoms with E-state index >= 15 is 0 Å². The van der Waals surface area contributed by atoms with E-state index in [0.717, 1.165) is 0 Å². The molecule has 3 heteroatoms. The summed E-state index contributed by atoms with van der Waals surface area (Å²) in [6, 6.07) is 0. The quantitative estimate of drug-likeness (QED) is 0.526. The van der Waals surface area contributed by atoms with Gasteiger partial charge in [0, 0.05) is 5.57 Å². The zero-order valence-corrected chi connectivity index (χ0v) is 8.72. The number of methoxy groups -OCH3 is 1. The zero-order chi connectivity index (χ0) is 11.0. The summed E-state index contributed by atoms with van der Waals surface area (Å²) in [5.74, 6) is -0.213. The van der Waals surface area contributed by atoms with Gasteiger partial charge in [-0.1, -0.05) is 27.0 Å². The summed E-state index contributed by atoms with van der Waals surface area (Å²) in [5, 5.41) is 17.8. The second-order valence-electron chi connectivity index (χ2n) is 2.05. The first-order valence-electron chi connectivity index (χ1n) is 4.02. The maximum absolute atomic E-state index is 8.90. The summed E-state index contributed by atoms with van der Waals surface area (Å²) < 4.78 is 4.74. The van der Waals surface area contributed by atoms with Gasteiger partial charge in [-0.25, -0.2) is 0 Å². The number of hydrogen-bond acceptors (Lipinski definition) is 3. The first kappa shape index (κ1) is 14.2. The Morgan fingerprint density at radius 1 is 1.08 bits per heavy atom. The van der Waals surface area contributed by atoms with E-state index in [-0.39, 0.29) is 17.3 Å². The fourth-order valence-electron chi connectivity index (χ4n) is 0.618. The number of ether oxygens (including phenoxy) is 1. The molecule has 0 atom stereocenters. The highest BCUT2D eigenvalue weighted by Gasteiger charge is 2.07. The van der Waals surface area contributed by atoms with Crippen LogP contribution in [-0.4, -0.2) is 17.3 Å². The fourth-order valence-corrected chi connectivity index (χ4v) is 0.618. The molecule has 0 aromatic heterocycles. The lowest BCUT2D eigenvalue weighted by Crippen LogP contribution is -1.96. The van der Waals surface area contributed by atoms with Gasteiger partial charge in [0.1, 0.15) is 5.76 Å². The Hall–Kier alpha value is -1.38. The van der Waals surface area contributed by atoms with Crippen LogP contribution in [0.4, 0.5) is 0 Å². The molecule has 0 aromatic rings. The summed E-state index contributed by atoms with van der Waals surface area (Å²) >= 11 is 0. The average molecular weight is 186 g/mol. The molecule has 0 aromatic carbocycles. The second-order valence-corrected chi connectivity index (χ2v) is 2.05. The molecule has 0 saturated heterocycles. The molecule has 0 radical (unpaired) electrons. The molecular weight excluding hydrogens is 168 g/mol. The van der Waals surface area contributed by atoms with E-state index in [4.69, 9.17) is 14.9 Å². The van der Waals surface area contributed by atoms with Crippen molar-refractivity contribution in [3.05, 3.63) is 36.0 Å². The van der Waals surface area contributed by atoms with Gasteiger partial charge in [-0.15, -0.1) is 0 Å². The van der Waals surface area contributed by atoms with Crippen molar-refractivity contribution in [2.45, 2.75) is 20.8 Å². The molecule has 0 aliphatic heterocycles. The fraction of sp³-hybridized carbons (Fsp3) is 0.400. The molecule has 0 spiro atoms. The molecule has 0 saturated carbocycles. The van der Waals surface area contributed by atoms with Gasteiger partial charge in [0.25, 0.3) is 0 Å². The summed E-state index contributed by atoms with van der Waals surface area (Å²) in [7, 11) is 1.38. The SMILES string of the molecule is C=C(O)/C(C)=C(/OC)C(=C)O.CC.